The van der Waals surface area contributed by atoms with Gasteiger partial charge in [-0.1, -0.05) is 47.5 Å². The molecule has 1 aliphatic rings. The number of carbonyl (C=O) groups excluding carboxylic acids is 1. The minimum absolute atomic E-state index is 0.00158. The maximum atomic E-state index is 12.8. The van der Waals surface area contributed by atoms with Crippen molar-refractivity contribution in [3.05, 3.63) is 0 Å². The molecule has 4 heteroatoms. The van der Waals surface area contributed by atoms with Gasteiger partial charge in [0.15, 0.2) is 0 Å². The van der Waals surface area contributed by atoms with E-state index in [2.05, 4.69) is 63.8 Å². The summed E-state index contributed by atoms with van der Waals surface area (Å²) in [5, 5.41) is 3.58. The van der Waals surface area contributed by atoms with E-state index >= 15 is 0 Å². The van der Waals surface area contributed by atoms with Crippen molar-refractivity contribution in [2.75, 3.05) is 27.2 Å². The lowest BCUT2D eigenvalue weighted by atomic mass is 9.91. The Morgan fingerprint density at radius 1 is 1.33 bits per heavy atom. The summed E-state index contributed by atoms with van der Waals surface area (Å²) < 4.78 is 0. The van der Waals surface area contributed by atoms with Crippen molar-refractivity contribution in [2.45, 2.75) is 66.1 Å². The third kappa shape index (κ3) is 4.96. The van der Waals surface area contributed by atoms with Crippen LogP contribution in [0.15, 0.2) is 0 Å². The van der Waals surface area contributed by atoms with Crippen LogP contribution in [0.3, 0.4) is 0 Å². The Labute approximate surface area is 131 Å². The highest BCUT2D eigenvalue weighted by molar-refractivity contribution is 5.84. The van der Waals surface area contributed by atoms with Gasteiger partial charge in [0.2, 0.25) is 5.91 Å². The summed E-state index contributed by atoms with van der Waals surface area (Å²) in [6.45, 7) is 12.8. The molecule has 1 rings (SSSR count). The van der Waals surface area contributed by atoms with Gasteiger partial charge in [-0.15, -0.1) is 0 Å². The quantitative estimate of drug-likeness (QED) is 0.748. The van der Waals surface area contributed by atoms with Crippen LogP contribution in [0.1, 0.15) is 53.9 Å². The zero-order chi connectivity index (χ0) is 16.2. The van der Waals surface area contributed by atoms with Gasteiger partial charge < -0.3 is 9.80 Å². The molecule has 3 atom stereocenters. The molecule has 0 bridgehead atoms. The molecule has 1 heterocycles. The van der Waals surface area contributed by atoms with Crippen LogP contribution in [-0.4, -0.2) is 55.1 Å². The Balaban J connectivity index is 2.83. The maximum Gasteiger partial charge on any atom is 0.241 e. The second-order valence-electron chi connectivity index (χ2n) is 7.70. The molecule has 0 aromatic carbocycles. The van der Waals surface area contributed by atoms with E-state index in [0.29, 0.717) is 11.8 Å². The van der Waals surface area contributed by atoms with Crippen LogP contribution in [-0.2, 0) is 4.79 Å². The van der Waals surface area contributed by atoms with Crippen LogP contribution in [0, 0.1) is 11.3 Å². The monoisotopic (exact) mass is 297 g/mol. The van der Waals surface area contributed by atoms with Crippen molar-refractivity contribution >= 4 is 5.91 Å². The molecule has 0 aliphatic carbocycles. The summed E-state index contributed by atoms with van der Waals surface area (Å²) >= 11 is 0. The lowest BCUT2D eigenvalue weighted by Crippen LogP contribution is -2.46. The van der Waals surface area contributed by atoms with Gasteiger partial charge in [-0.2, -0.15) is 0 Å². The summed E-state index contributed by atoms with van der Waals surface area (Å²) in [6.07, 6.45) is 3.39. The van der Waals surface area contributed by atoms with Crippen molar-refractivity contribution in [1.29, 1.82) is 0 Å². The van der Waals surface area contributed by atoms with Gasteiger partial charge in [-0.3, -0.25) is 10.1 Å². The van der Waals surface area contributed by atoms with E-state index in [4.69, 9.17) is 0 Å². The Morgan fingerprint density at radius 2 is 1.95 bits per heavy atom. The fourth-order valence-corrected chi connectivity index (χ4v) is 3.41. The molecule has 1 saturated heterocycles. The van der Waals surface area contributed by atoms with Crippen molar-refractivity contribution in [3.8, 4) is 0 Å². The standard InChI is InChI=1S/C17H35N3O/c1-8-10-14-18-15(13(3)9-2)16(21)20(14)12-17(4,5)11-19(6)7/h13-15,18H,8-12H2,1-7H3. The number of rotatable bonds is 8. The number of carbonyl (C=O) groups is 1. The molecule has 1 fully saturated rings. The first-order chi connectivity index (χ1) is 9.71. The number of nitrogens with one attached hydrogen (secondary N) is 1. The van der Waals surface area contributed by atoms with E-state index in [1.165, 1.54) is 0 Å². The van der Waals surface area contributed by atoms with Gasteiger partial charge >= 0.3 is 0 Å². The van der Waals surface area contributed by atoms with Gasteiger partial charge in [-0.05, 0) is 31.8 Å². The molecule has 0 spiro atoms. The van der Waals surface area contributed by atoms with Crippen LogP contribution in [0.5, 0.6) is 0 Å². The van der Waals surface area contributed by atoms with Gasteiger partial charge in [0.25, 0.3) is 0 Å². The van der Waals surface area contributed by atoms with E-state index in [1.807, 2.05) is 0 Å². The lowest BCUT2D eigenvalue weighted by Gasteiger charge is -2.35. The van der Waals surface area contributed by atoms with E-state index in [-0.39, 0.29) is 17.6 Å². The van der Waals surface area contributed by atoms with Crippen LogP contribution < -0.4 is 5.32 Å². The SMILES string of the molecule is CCCC1NC(C(C)CC)C(=O)N1CC(C)(C)CN(C)C. The predicted octanol–water partition coefficient (Wildman–Crippen LogP) is 2.55. The van der Waals surface area contributed by atoms with Crippen molar-refractivity contribution < 1.29 is 4.79 Å². The molecule has 4 nitrogen and oxygen atoms in total. The first-order valence-electron chi connectivity index (χ1n) is 8.43. The van der Waals surface area contributed by atoms with Gasteiger partial charge in [0.1, 0.15) is 0 Å². The summed E-state index contributed by atoms with van der Waals surface area (Å²) in [6, 6.07) is 0.00158. The van der Waals surface area contributed by atoms with Crippen LogP contribution in [0.25, 0.3) is 0 Å². The second-order valence-corrected chi connectivity index (χ2v) is 7.70. The lowest BCUT2D eigenvalue weighted by molar-refractivity contribution is -0.132. The zero-order valence-corrected chi connectivity index (χ0v) is 15.1. The Hall–Kier alpha value is -0.610. The molecule has 21 heavy (non-hydrogen) atoms. The normalized spacial score (nSPS) is 25.0. The van der Waals surface area contributed by atoms with Gasteiger partial charge in [0.05, 0.1) is 12.2 Å². The molecule has 0 aromatic rings. The molecule has 124 valence electrons. The van der Waals surface area contributed by atoms with Crippen molar-refractivity contribution in [1.82, 2.24) is 15.1 Å². The molecule has 0 aromatic heterocycles. The fraction of sp³-hybridized carbons (Fsp3) is 0.941. The van der Waals surface area contributed by atoms with E-state index in [9.17, 15) is 4.79 Å². The molecule has 3 unspecified atom stereocenters. The first-order valence-corrected chi connectivity index (χ1v) is 8.43. The number of nitrogens with zero attached hydrogens (tertiary/aromatic N) is 2. The minimum Gasteiger partial charge on any atom is -0.325 e. The third-order valence-corrected chi connectivity index (χ3v) is 4.42. The van der Waals surface area contributed by atoms with E-state index < -0.39 is 0 Å². The molecule has 0 saturated carbocycles. The topological polar surface area (TPSA) is 35.6 Å². The van der Waals surface area contributed by atoms with Crippen molar-refractivity contribution in [3.63, 3.8) is 0 Å². The van der Waals surface area contributed by atoms with Crippen LogP contribution >= 0.6 is 0 Å². The summed E-state index contributed by atoms with van der Waals surface area (Å²) in [5.74, 6) is 0.702. The van der Waals surface area contributed by atoms with Crippen LogP contribution in [0.4, 0.5) is 0 Å². The van der Waals surface area contributed by atoms with Gasteiger partial charge in [-0.25, -0.2) is 0 Å². The number of amides is 1. The highest BCUT2D eigenvalue weighted by Gasteiger charge is 2.42. The Morgan fingerprint density at radius 3 is 2.43 bits per heavy atom. The van der Waals surface area contributed by atoms with E-state index in [1.54, 1.807) is 0 Å². The fourth-order valence-electron chi connectivity index (χ4n) is 3.41. The smallest absolute Gasteiger partial charge is 0.241 e. The number of hydrogen-bond donors (Lipinski definition) is 1. The summed E-state index contributed by atoms with van der Waals surface area (Å²) in [4.78, 5) is 17.1. The summed E-state index contributed by atoms with van der Waals surface area (Å²) in [7, 11) is 4.19. The number of hydrogen-bond acceptors (Lipinski definition) is 3. The molecule has 1 N–H and O–H groups in total. The predicted molar refractivity (Wildman–Crippen MR) is 89.1 cm³/mol. The second kappa shape index (κ2) is 7.59. The first kappa shape index (κ1) is 18.4. The van der Waals surface area contributed by atoms with Crippen LogP contribution in [0.2, 0.25) is 0 Å². The maximum absolute atomic E-state index is 12.8. The molecular formula is C17H35N3O. The Bertz CT molecular complexity index is 341. The highest BCUT2D eigenvalue weighted by Crippen LogP contribution is 2.26. The minimum atomic E-state index is 0.00158. The molecule has 1 aliphatic heterocycles. The average molecular weight is 297 g/mol. The van der Waals surface area contributed by atoms with Gasteiger partial charge in [0, 0.05) is 13.1 Å². The molecule has 1 amide bonds. The van der Waals surface area contributed by atoms with E-state index in [0.717, 1.165) is 32.4 Å². The molecular weight excluding hydrogens is 262 g/mol. The van der Waals surface area contributed by atoms with Crippen molar-refractivity contribution in [2.24, 2.45) is 11.3 Å². The average Bonchev–Trinajstić information content (AvgIpc) is 2.65. The largest absolute Gasteiger partial charge is 0.325 e. The highest BCUT2D eigenvalue weighted by atomic mass is 16.2. The Kier molecular flexibility index (Phi) is 6.67. The summed E-state index contributed by atoms with van der Waals surface area (Å²) in [5.41, 5.74) is 0.108. The third-order valence-electron chi connectivity index (χ3n) is 4.42. The molecule has 0 radical (unpaired) electrons. The zero-order valence-electron chi connectivity index (χ0n) is 15.1.